The van der Waals surface area contributed by atoms with Crippen molar-refractivity contribution in [3.63, 3.8) is 0 Å². The molecule has 1 aromatic carbocycles. The molecule has 2 fully saturated rings. The van der Waals surface area contributed by atoms with Crippen molar-refractivity contribution in [2.45, 2.75) is 44.1 Å². The summed E-state index contributed by atoms with van der Waals surface area (Å²) in [5.41, 5.74) is 1.35. The molecule has 11 heteroatoms. The summed E-state index contributed by atoms with van der Waals surface area (Å²) in [7, 11) is 1.77. The van der Waals surface area contributed by atoms with Crippen molar-refractivity contribution in [3.05, 3.63) is 64.7 Å². The molecule has 0 bridgehead atoms. The Labute approximate surface area is 205 Å². The molecule has 184 valence electrons. The molecule has 0 radical (unpaired) electrons. The van der Waals surface area contributed by atoms with Gasteiger partial charge in [-0.15, -0.1) is 0 Å². The minimum Gasteiger partial charge on any atom is -0.351 e. The third-order valence-corrected chi connectivity index (χ3v) is 7.28. The highest BCUT2D eigenvalue weighted by Gasteiger charge is 2.44. The largest absolute Gasteiger partial charge is 0.351 e. The molecule has 2 aliphatic carbocycles. The van der Waals surface area contributed by atoms with Crippen LogP contribution in [0, 0.1) is 17.7 Å². The van der Waals surface area contributed by atoms with Crippen LogP contribution in [-0.2, 0) is 7.05 Å². The summed E-state index contributed by atoms with van der Waals surface area (Å²) in [6.45, 7) is 0. The molecule has 1 amide bonds. The van der Waals surface area contributed by atoms with E-state index in [1.54, 1.807) is 17.9 Å². The van der Waals surface area contributed by atoms with Gasteiger partial charge in [0.15, 0.2) is 0 Å². The first kappa shape index (κ1) is 23.6. The van der Waals surface area contributed by atoms with Crippen LogP contribution in [-0.4, -0.2) is 31.5 Å². The third-order valence-electron chi connectivity index (χ3n) is 6.99. The Bertz CT molecular complexity index is 1240. The molecule has 2 heterocycles. The number of hydrogen-bond acceptors (Lipinski definition) is 5. The average molecular weight is 505 g/mol. The first-order valence-electron chi connectivity index (χ1n) is 11.4. The van der Waals surface area contributed by atoms with E-state index in [9.17, 15) is 18.0 Å². The first-order chi connectivity index (χ1) is 16.8. The fourth-order valence-corrected chi connectivity index (χ4v) is 5.67. The van der Waals surface area contributed by atoms with Crippen LogP contribution in [0.5, 0.6) is 0 Å². The summed E-state index contributed by atoms with van der Waals surface area (Å²) in [5.74, 6) is 0.367. The summed E-state index contributed by atoms with van der Waals surface area (Å²) in [6.07, 6.45) is 3.88. The Balaban J connectivity index is 1.24. The SMILES string of the molecule is Cn1cnc(C2CC3CC(Nc4nccc(C(F)F)n4)CC3C2)c1C(=O)Nc1ccc(F)c(Cl)c1. The second-order valence-corrected chi connectivity index (χ2v) is 9.69. The molecule has 2 aromatic heterocycles. The molecular formula is C24H24ClF3N6O. The zero-order valence-electron chi connectivity index (χ0n) is 18.9. The van der Waals surface area contributed by atoms with Gasteiger partial charge in [0.05, 0.1) is 17.0 Å². The van der Waals surface area contributed by atoms with Gasteiger partial charge < -0.3 is 15.2 Å². The molecule has 2 unspecified atom stereocenters. The van der Waals surface area contributed by atoms with E-state index >= 15 is 0 Å². The van der Waals surface area contributed by atoms with Crippen LogP contribution in [0.25, 0.3) is 0 Å². The van der Waals surface area contributed by atoms with Gasteiger partial charge in [0.1, 0.15) is 17.2 Å². The fourth-order valence-electron chi connectivity index (χ4n) is 5.49. The Morgan fingerprint density at radius 1 is 1.14 bits per heavy atom. The van der Waals surface area contributed by atoms with E-state index in [0.29, 0.717) is 23.2 Å². The number of halogens is 4. The molecule has 2 saturated carbocycles. The molecule has 2 aliphatic rings. The molecule has 2 N–H and O–H groups in total. The van der Waals surface area contributed by atoms with E-state index in [4.69, 9.17) is 11.6 Å². The number of imidazole rings is 1. The van der Waals surface area contributed by atoms with Gasteiger partial charge in [-0.1, -0.05) is 11.6 Å². The number of aromatic nitrogens is 4. The minimum absolute atomic E-state index is 0.0638. The van der Waals surface area contributed by atoms with Gasteiger partial charge >= 0.3 is 0 Å². The molecule has 0 spiro atoms. The Morgan fingerprint density at radius 3 is 2.57 bits per heavy atom. The number of nitrogens with one attached hydrogen (secondary N) is 2. The van der Waals surface area contributed by atoms with Crippen LogP contribution >= 0.6 is 11.6 Å². The maximum Gasteiger partial charge on any atom is 0.280 e. The molecule has 7 nitrogen and oxygen atoms in total. The van der Waals surface area contributed by atoms with Crippen molar-refractivity contribution in [3.8, 4) is 0 Å². The number of hydrogen-bond donors (Lipinski definition) is 2. The first-order valence-corrected chi connectivity index (χ1v) is 11.8. The highest BCUT2D eigenvalue weighted by molar-refractivity contribution is 6.31. The molecule has 0 saturated heterocycles. The predicted molar refractivity (Wildman–Crippen MR) is 125 cm³/mol. The normalized spacial score (nSPS) is 23.5. The van der Waals surface area contributed by atoms with Gasteiger partial charge in [-0.25, -0.2) is 28.1 Å². The highest BCUT2D eigenvalue weighted by atomic mass is 35.5. The Kier molecular flexibility index (Phi) is 6.39. The van der Waals surface area contributed by atoms with E-state index in [1.807, 2.05) is 0 Å². The second-order valence-electron chi connectivity index (χ2n) is 9.28. The monoisotopic (exact) mass is 504 g/mol. The summed E-state index contributed by atoms with van der Waals surface area (Å²) < 4.78 is 41.0. The number of benzene rings is 1. The van der Waals surface area contributed by atoms with Gasteiger partial charge in [-0.3, -0.25) is 4.79 Å². The Hall–Kier alpha value is -3.14. The van der Waals surface area contributed by atoms with Crippen LogP contribution in [0.1, 0.15) is 59.9 Å². The van der Waals surface area contributed by atoms with E-state index < -0.39 is 12.2 Å². The maximum absolute atomic E-state index is 13.5. The molecule has 35 heavy (non-hydrogen) atoms. The van der Waals surface area contributed by atoms with Crippen molar-refractivity contribution in [1.82, 2.24) is 19.5 Å². The molecule has 3 aromatic rings. The van der Waals surface area contributed by atoms with Crippen molar-refractivity contribution >= 4 is 29.1 Å². The van der Waals surface area contributed by atoms with Gasteiger partial charge in [-0.05, 0) is 61.8 Å². The smallest absolute Gasteiger partial charge is 0.280 e. The van der Waals surface area contributed by atoms with Crippen LogP contribution in [0.4, 0.5) is 24.8 Å². The number of nitrogens with zero attached hydrogens (tertiary/aromatic N) is 4. The van der Waals surface area contributed by atoms with Crippen LogP contribution in [0.3, 0.4) is 0 Å². The lowest BCUT2D eigenvalue weighted by molar-refractivity contribution is 0.101. The zero-order valence-corrected chi connectivity index (χ0v) is 19.6. The lowest BCUT2D eigenvalue weighted by Gasteiger charge is -2.17. The number of amides is 1. The lowest BCUT2D eigenvalue weighted by atomic mass is 9.97. The number of fused-ring (bicyclic) bond motifs is 1. The van der Waals surface area contributed by atoms with Crippen LogP contribution in [0.2, 0.25) is 5.02 Å². The molecule has 5 rings (SSSR count). The number of carbonyl (C=O) groups excluding carboxylic acids is 1. The number of aryl methyl sites for hydroxylation is 1. The van der Waals surface area contributed by atoms with Crippen molar-refractivity contribution in [2.75, 3.05) is 10.6 Å². The maximum atomic E-state index is 13.5. The minimum atomic E-state index is -2.63. The number of carbonyl (C=O) groups is 1. The summed E-state index contributed by atoms with van der Waals surface area (Å²) in [5, 5.41) is 5.93. The second kappa shape index (κ2) is 9.49. The number of anilines is 2. The van der Waals surface area contributed by atoms with E-state index in [-0.39, 0.29) is 34.5 Å². The topological polar surface area (TPSA) is 84.7 Å². The number of alkyl halides is 2. The van der Waals surface area contributed by atoms with Gasteiger partial charge in [0.2, 0.25) is 5.95 Å². The summed E-state index contributed by atoms with van der Waals surface area (Å²) in [4.78, 5) is 25.6. The molecule has 0 aliphatic heterocycles. The average Bonchev–Trinajstić information content (AvgIpc) is 3.49. The quantitative estimate of drug-likeness (QED) is 0.458. The zero-order chi connectivity index (χ0) is 24.7. The third kappa shape index (κ3) is 4.84. The summed E-state index contributed by atoms with van der Waals surface area (Å²) >= 11 is 5.84. The van der Waals surface area contributed by atoms with Gasteiger partial charge in [0, 0.05) is 30.9 Å². The number of rotatable bonds is 6. The highest BCUT2D eigenvalue weighted by Crippen LogP contribution is 2.51. The van der Waals surface area contributed by atoms with Crippen LogP contribution in [0.15, 0.2) is 36.8 Å². The standard InChI is InChI=1S/C24H24ClF3N6O/c1-34-11-30-20(21(34)23(35)31-15-2-3-18(26)17(25)10-15)14-6-12-8-16(9-13(12)7-14)32-24-29-5-4-19(33-24)22(27)28/h2-5,10-14,16,22H,6-9H2,1H3,(H,31,35)(H,29,32,33). The van der Waals surface area contributed by atoms with Gasteiger partial charge in [-0.2, -0.15) is 0 Å². The van der Waals surface area contributed by atoms with Crippen molar-refractivity contribution in [1.29, 1.82) is 0 Å². The van der Waals surface area contributed by atoms with Crippen molar-refractivity contribution in [2.24, 2.45) is 18.9 Å². The molecular weight excluding hydrogens is 481 g/mol. The van der Waals surface area contributed by atoms with E-state index in [0.717, 1.165) is 31.4 Å². The van der Waals surface area contributed by atoms with E-state index in [2.05, 4.69) is 25.6 Å². The predicted octanol–water partition coefficient (Wildman–Crippen LogP) is 5.58. The van der Waals surface area contributed by atoms with Gasteiger partial charge in [0.25, 0.3) is 12.3 Å². The van der Waals surface area contributed by atoms with Crippen molar-refractivity contribution < 1.29 is 18.0 Å². The van der Waals surface area contributed by atoms with Crippen LogP contribution < -0.4 is 10.6 Å². The lowest BCUT2D eigenvalue weighted by Crippen LogP contribution is -2.20. The van der Waals surface area contributed by atoms with E-state index in [1.165, 1.54) is 30.5 Å². The summed E-state index contributed by atoms with van der Waals surface area (Å²) in [6, 6.07) is 5.38. The molecule has 2 atom stereocenters. The fraction of sp³-hybridized carbons (Fsp3) is 0.417. The Morgan fingerprint density at radius 2 is 1.89 bits per heavy atom.